The number of carbonyl (C=O) groups excluding carboxylic acids is 1. The number of H-pyrrole nitrogens is 2. The number of hydrogen-bond donors (Lipinski definition) is 3. The number of aromatic nitrogens is 4. The van der Waals surface area contributed by atoms with E-state index in [-0.39, 0.29) is 34.3 Å². The van der Waals surface area contributed by atoms with Crippen molar-refractivity contribution < 1.29 is 9.18 Å². The first-order chi connectivity index (χ1) is 11.5. The third-order valence-electron chi connectivity index (χ3n) is 4.24. The molecule has 0 aliphatic carbocycles. The van der Waals surface area contributed by atoms with Crippen molar-refractivity contribution in [3.05, 3.63) is 40.6 Å². The molecule has 9 heteroatoms. The molecule has 4 N–H and O–H groups in total. The molecule has 1 amide bonds. The maximum Gasteiger partial charge on any atom is 0.274 e. The molecule has 0 unspecified atom stereocenters. The molecule has 24 heavy (non-hydrogen) atoms. The lowest BCUT2D eigenvalue weighted by atomic mass is 10.2. The molecular formula is C15H14ClFN6O. The molecule has 1 aliphatic heterocycles. The maximum atomic E-state index is 13.3. The SMILES string of the molecule is Nc1n[nH]c(C(=O)N2CCC[C@@H]2c2nc3ccc(F)cc3[nH]2)c1Cl. The van der Waals surface area contributed by atoms with E-state index in [1.165, 1.54) is 12.1 Å². The van der Waals surface area contributed by atoms with E-state index in [0.717, 1.165) is 12.8 Å². The van der Waals surface area contributed by atoms with Crippen LogP contribution in [0.2, 0.25) is 5.02 Å². The van der Waals surface area contributed by atoms with Crippen molar-refractivity contribution in [3.8, 4) is 0 Å². The Labute approximate surface area is 141 Å². The van der Waals surface area contributed by atoms with Crippen LogP contribution < -0.4 is 5.73 Å². The van der Waals surface area contributed by atoms with Gasteiger partial charge < -0.3 is 15.6 Å². The van der Waals surface area contributed by atoms with Crippen LogP contribution in [0.4, 0.5) is 10.2 Å². The number of nitrogens with zero attached hydrogens (tertiary/aromatic N) is 3. The van der Waals surface area contributed by atoms with Gasteiger partial charge in [0.15, 0.2) is 5.82 Å². The quantitative estimate of drug-likeness (QED) is 0.662. The molecule has 1 fully saturated rings. The molecule has 1 aliphatic rings. The Balaban J connectivity index is 1.68. The van der Waals surface area contributed by atoms with Crippen LogP contribution >= 0.6 is 11.6 Å². The number of amides is 1. The van der Waals surface area contributed by atoms with Crippen molar-refractivity contribution in [2.75, 3.05) is 12.3 Å². The number of imidazole rings is 1. The Morgan fingerprint density at radius 1 is 1.46 bits per heavy atom. The Bertz CT molecular complexity index is 935. The molecular weight excluding hydrogens is 335 g/mol. The Morgan fingerprint density at radius 2 is 2.29 bits per heavy atom. The van der Waals surface area contributed by atoms with Crippen LogP contribution in [0.1, 0.15) is 35.2 Å². The molecule has 3 heterocycles. The van der Waals surface area contributed by atoms with Gasteiger partial charge in [-0.25, -0.2) is 9.37 Å². The largest absolute Gasteiger partial charge is 0.381 e. The fourth-order valence-electron chi connectivity index (χ4n) is 3.08. The molecule has 1 atom stereocenters. The van der Waals surface area contributed by atoms with Crippen LogP contribution in [-0.2, 0) is 0 Å². The van der Waals surface area contributed by atoms with E-state index >= 15 is 0 Å². The van der Waals surface area contributed by atoms with Gasteiger partial charge in [-0.1, -0.05) is 11.6 Å². The van der Waals surface area contributed by atoms with E-state index in [0.29, 0.717) is 23.4 Å². The predicted octanol–water partition coefficient (Wildman–Crippen LogP) is 2.64. The number of nitrogen functional groups attached to an aromatic ring is 1. The standard InChI is InChI=1S/C15H14ClFN6O/c16-11-12(21-22-13(11)18)15(24)23-5-1-2-10(23)14-19-8-4-3-7(17)6-9(8)20-14/h3-4,6,10H,1-2,5H2,(H,19,20)(H3,18,21,22)/t10-/m1/s1. The molecule has 2 aromatic heterocycles. The van der Waals surface area contributed by atoms with Crippen LogP contribution in [0.3, 0.4) is 0 Å². The van der Waals surface area contributed by atoms with E-state index in [1.54, 1.807) is 11.0 Å². The summed E-state index contributed by atoms with van der Waals surface area (Å²) in [6, 6.07) is 4.13. The van der Waals surface area contributed by atoms with Gasteiger partial charge in [0.05, 0.1) is 17.1 Å². The minimum atomic E-state index is -0.336. The molecule has 1 aromatic carbocycles. The Morgan fingerprint density at radius 3 is 3.04 bits per heavy atom. The van der Waals surface area contributed by atoms with Crippen molar-refractivity contribution in [1.82, 2.24) is 25.1 Å². The predicted molar refractivity (Wildman–Crippen MR) is 87.1 cm³/mol. The molecule has 0 radical (unpaired) electrons. The number of fused-ring (bicyclic) bond motifs is 1. The minimum Gasteiger partial charge on any atom is -0.381 e. The van der Waals surface area contributed by atoms with Crippen molar-refractivity contribution in [2.45, 2.75) is 18.9 Å². The second kappa shape index (κ2) is 5.48. The number of likely N-dealkylation sites (tertiary alicyclic amines) is 1. The smallest absolute Gasteiger partial charge is 0.274 e. The molecule has 124 valence electrons. The van der Waals surface area contributed by atoms with Crippen LogP contribution in [0.15, 0.2) is 18.2 Å². The van der Waals surface area contributed by atoms with Gasteiger partial charge in [0.1, 0.15) is 22.4 Å². The number of rotatable bonds is 2. The summed E-state index contributed by atoms with van der Waals surface area (Å²) in [7, 11) is 0. The van der Waals surface area contributed by atoms with E-state index in [4.69, 9.17) is 17.3 Å². The van der Waals surface area contributed by atoms with Crippen LogP contribution in [0, 0.1) is 5.82 Å². The van der Waals surface area contributed by atoms with Crippen molar-refractivity contribution in [1.29, 1.82) is 0 Å². The maximum absolute atomic E-state index is 13.3. The minimum absolute atomic E-state index is 0.0926. The van der Waals surface area contributed by atoms with Crippen molar-refractivity contribution >= 4 is 34.4 Å². The summed E-state index contributed by atoms with van der Waals surface area (Å²) >= 11 is 6.03. The first kappa shape index (κ1) is 14.9. The molecule has 0 spiro atoms. The Hall–Kier alpha value is -2.61. The number of aromatic amines is 2. The van der Waals surface area contributed by atoms with Crippen LogP contribution in [0.5, 0.6) is 0 Å². The highest BCUT2D eigenvalue weighted by atomic mass is 35.5. The summed E-state index contributed by atoms with van der Waals surface area (Å²) in [5.74, 6) is 0.107. The number of benzene rings is 1. The lowest BCUT2D eigenvalue weighted by Gasteiger charge is -2.22. The van der Waals surface area contributed by atoms with E-state index in [9.17, 15) is 9.18 Å². The van der Waals surface area contributed by atoms with Crippen LogP contribution in [0.25, 0.3) is 11.0 Å². The average molecular weight is 349 g/mol. The number of nitrogens with one attached hydrogen (secondary N) is 2. The number of carbonyl (C=O) groups is 1. The van der Waals surface area contributed by atoms with Gasteiger partial charge >= 0.3 is 0 Å². The summed E-state index contributed by atoms with van der Waals surface area (Å²) in [6.07, 6.45) is 1.60. The highest BCUT2D eigenvalue weighted by Crippen LogP contribution is 2.34. The molecule has 0 bridgehead atoms. The monoisotopic (exact) mass is 348 g/mol. The summed E-state index contributed by atoms with van der Waals surface area (Å²) < 4.78 is 13.3. The average Bonchev–Trinajstić information content (AvgIpc) is 3.26. The summed E-state index contributed by atoms with van der Waals surface area (Å²) in [5, 5.41) is 6.46. The van der Waals surface area contributed by atoms with E-state index in [2.05, 4.69) is 20.2 Å². The number of halogens is 2. The number of anilines is 1. The molecule has 3 aromatic rings. The molecule has 0 saturated carbocycles. The third-order valence-corrected chi connectivity index (χ3v) is 4.62. The van der Waals surface area contributed by atoms with Gasteiger partial charge in [0, 0.05) is 6.54 Å². The zero-order valence-electron chi connectivity index (χ0n) is 12.5. The summed E-state index contributed by atoms with van der Waals surface area (Å²) in [5.41, 5.74) is 7.02. The molecule has 1 saturated heterocycles. The lowest BCUT2D eigenvalue weighted by molar-refractivity contribution is 0.0724. The van der Waals surface area contributed by atoms with Gasteiger partial charge in [-0.15, -0.1) is 0 Å². The Kier molecular flexibility index (Phi) is 3.42. The lowest BCUT2D eigenvalue weighted by Crippen LogP contribution is -2.31. The topological polar surface area (TPSA) is 104 Å². The number of hydrogen-bond acceptors (Lipinski definition) is 4. The van der Waals surface area contributed by atoms with Crippen molar-refractivity contribution in [3.63, 3.8) is 0 Å². The molecule has 4 rings (SSSR count). The van der Waals surface area contributed by atoms with Gasteiger partial charge in [-0.2, -0.15) is 5.10 Å². The second-order valence-electron chi connectivity index (χ2n) is 5.74. The third kappa shape index (κ3) is 2.30. The molecule has 7 nitrogen and oxygen atoms in total. The van der Waals surface area contributed by atoms with Gasteiger partial charge in [-0.05, 0) is 31.0 Å². The second-order valence-corrected chi connectivity index (χ2v) is 6.12. The van der Waals surface area contributed by atoms with Gasteiger partial charge in [0.25, 0.3) is 5.91 Å². The first-order valence-electron chi connectivity index (χ1n) is 7.50. The van der Waals surface area contributed by atoms with Gasteiger partial charge in [-0.3, -0.25) is 9.89 Å². The normalized spacial score (nSPS) is 17.8. The fraction of sp³-hybridized carbons (Fsp3) is 0.267. The first-order valence-corrected chi connectivity index (χ1v) is 7.88. The zero-order chi connectivity index (χ0) is 16.8. The summed E-state index contributed by atoms with van der Waals surface area (Å²) in [6.45, 7) is 0.574. The highest BCUT2D eigenvalue weighted by molar-refractivity contribution is 6.35. The van der Waals surface area contributed by atoms with E-state index in [1.807, 2.05) is 0 Å². The van der Waals surface area contributed by atoms with Crippen molar-refractivity contribution in [2.24, 2.45) is 0 Å². The summed E-state index contributed by atoms with van der Waals surface area (Å²) in [4.78, 5) is 22.0. The zero-order valence-corrected chi connectivity index (χ0v) is 13.3. The number of nitrogens with two attached hydrogens (primary N) is 1. The fourth-order valence-corrected chi connectivity index (χ4v) is 3.25. The van der Waals surface area contributed by atoms with E-state index < -0.39 is 0 Å². The highest BCUT2D eigenvalue weighted by Gasteiger charge is 2.34. The van der Waals surface area contributed by atoms with Gasteiger partial charge in [0.2, 0.25) is 0 Å². The van der Waals surface area contributed by atoms with Crippen LogP contribution in [-0.4, -0.2) is 37.5 Å².